The number of fused-ring (bicyclic) bond motifs is 2. The first-order valence-corrected chi connectivity index (χ1v) is 19.3. The zero-order valence-corrected chi connectivity index (χ0v) is 33.2. The average molecular weight is 810 g/mol. The molecule has 1 aliphatic carbocycles. The predicted octanol–water partition coefficient (Wildman–Crippen LogP) is 8.95. The van der Waals surface area contributed by atoms with Crippen molar-refractivity contribution in [2.75, 3.05) is 11.4 Å². The summed E-state index contributed by atoms with van der Waals surface area (Å²) in [4.78, 5) is 55.2. The van der Waals surface area contributed by atoms with Gasteiger partial charge in [0.15, 0.2) is 5.82 Å². The molecule has 3 amide bonds. The van der Waals surface area contributed by atoms with Crippen LogP contribution in [0.4, 0.5) is 32.4 Å². The smallest absolute Gasteiger partial charge is 0.444 e. The van der Waals surface area contributed by atoms with Crippen LogP contribution in [0, 0.1) is 18.8 Å². The van der Waals surface area contributed by atoms with Crippen molar-refractivity contribution in [1.82, 2.24) is 25.3 Å². The molecule has 1 aliphatic rings. The normalized spacial score (nSPS) is 17.1. The van der Waals surface area contributed by atoms with Crippen molar-refractivity contribution < 1.29 is 41.1 Å². The highest BCUT2D eigenvalue weighted by molar-refractivity contribution is 6.17. The number of alkyl carbamates (subject to hydrolysis) is 1. The van der Waals surface area contributed by atoms with E-state index in [9.17, 15) is 36.3 Å². The van der Waals surface area contributed by atoms with Gasteiger partial charge in [0.05, 0.1) is 33.8 Å². The summed E-state index contributed by atoms with van der Waals surface area (Å²) < 4.78 is 73.3. The van der Waals surface area contributed by atoms with E-state index in [0.717, 1.165) is 44.5 Å². The molecule has 1 fully saturated rings. The molecule has 0 radical (unpaired) electrons. The van der Waals surface area contributed by atoms with Crippen LogP contribution in [0.5, 0.6) is 0 Å². The number of nitrogens with one attached hydrogen (secondary N) is 3. The summed E-state index contributed by atoms with van der Waals surface area (Å²) in [6.07, 6.45) is -4.58. The van der Waals surface area contributed by atoms with Gasteiger partial charge in [-0.3, -0.25) is 9.59 Å². The number of halogens is 5. The zero-order valence-electron chi connectivity index (χ0n) is 33.2. The summed E-state index contributed by atoms with van der Waals surface area (Å²) in [5.74, 6) is -7.71. The van der Waals surface area contributed by atoms with Crippen molar-refractivity contribution in [3.8, 4) is 11.1 Å². The lowest BCUT2D eigenvalue weighted by molar-refractivity contribution is -0.292. The largest absolute Gasteiger partial charge is 0.461 e. The number of hydrogen-bond acceptors (Lipinski definition) is 7. The molecule has 2 heterocycles. The topological polar surface area (TPSA) is 159 Å². The number of aromatic amines is 2. The van der Waals surface area contributed by atoms with E-state index in [1.54, 1.807) is 20.8 Å². The summed E-state index contributed by atoms with van der Waals surface area (Å²) in [5, 5.41) is 2.76. The van der Waals surface area contributed by atoms with Gasteiger partial charge in [0.1, 0.15) is 11.4 Å². The number of ether oxygens (including phenoxy) is 1. The van der Waals surface area contributed by atoms with Crippen LogP contribution in [0.1, 0.15) is 89.0 Å². The molecule has 0 aliphatic heterocycles. The molecule has 5 aromatic rings. The number of carbonyl (C=O) groups excluding carboxylic acids is 3. The maximum absolute atomic E-state index is 14.3. The SMILES string of the molecule is Cc1cc2[nH]c(C(C)C)nc2cc1-c1ccc(C[C@H](N)C(=O)N(c2ccc3nc(C(F)(F)C(F)(F)F)[nH]c3c2)C(=O)[C@H]2CC[C@H](CNC(=O)OC(C)(C)C)CC2)cc1. The fourth-order valence-electron chi connectivity index (χ4n) is 7.22. The maximum atomic E-state index is 14.3. The van der Waals surface area contributed by atoms with Crippen molar-refractivity contribution in [2.24, 2.45) is 17.6 Å². The second kappa shape index (κ2) is 16.1. The molecule has 2 aromatic heterocycles. The number of H-pyrrole nitrogens is 2. The van der Waals surface area contributed by atoms with Crippen LogP contribution in [0.2, 0.25) is 0 Å². The number of aromatic nitrogens is 4. The van der Waals surface area contributed by atoms with E-state index in [4.69, 9.17) is 15.5 Å². The Labute approximate surface area is 332 Å². The highest BCUT2D eigenvalue weighted by Crippen LogP contribution is 2.43. The number of aryl methyl sites for hydroxylation is 1. The molecular weight excluding hydrogens is 761 g/mol. The van der Waals surface area contributed by atoms with Gasteiger partial charge in [-0.2, -0.15) is 22.0 Å². The molecular formula is C42H48F5N7O4. The lowest BCUT2D eigenvalue weighted by atomic mass is 9.81. The Hall–Kier alpha value is -5.38. The molecule has 0 spiro atoms. The lowest BCUT2D eigenvalue weighted by Crippen LogP contribution is -2.50. The molecule has 0 bridgehead atoms. The van der Waals surface area contributed by atoms with Crippen LogP contribution in [0.25, 0.3) is 33.2 Å². The third kappa shape index (κ3) is 9.16. The van der Waals surface area contributed by atoms with E-state index in [0.29, 0.717) is 37.8 Å². The van der Waals surface area contributed by atoms with E-state index in [1.807, 2.05) is 48.3 Å². The summed E-state index contributed by atoms with van der Waals surface area (Å²) in [5.41, 5.74) is 10.8. The number of imidazole rings is 2. The van der Waals surface area contributed by atoms with Gasteiger partial charge in [0.2, 0.25) is 5.91 Å². The second-order valence-electron chi connectivity index (χ2n) is 16.4. The van der Waals surface area contributed by atoms with Gasteiger partial charge >= 0.3 is 18.2 Å². The van der Waals surface area contributed by atoms with Gasteiger partial charge in [-0.05, 0) is 118 Å². The second-order valence-corrected chi connectivity index (χ2v) is 16.4. The van der Waals surface area contributed by atoms with Crippen LogP contribution in [-0.4, -0.2) is 62.2 Å². The third-order valence-electron chi connectivity index (χ3n) is 10.4. The van der Waals surface area contributed by atoms with Crippen LogP contribution >= 0.6 is 0 Å². The van der Waals surface area contributed by atoms with Gasteiger partial charge in [0, 0.05) is 18.4 Å². The van der Waals surface area contributed by atoms with Crippen LogP contribution in [0.15, 0.2) is 54.6 Å². The van der Waals surface area contributed by atoms with Gasteiger partial charge < -0.3 is 25.8 Å². The van der Waals surface area contributed by atoms with Crippen molar-refractivity contribution in [3.63, 3.8) is 0 Å². The number of hydrogen-bond donors (Lipinski definition) is 4. The maximum Gasteiger partial charge on any atom is 0.461 e. The Balaban J connectivity index is 1.22. The molecule has 58 heavy (non-hydrogen) atoms. The zero-order chi connectivity index (χ0) is 42.3. The number of alkyl halides is 5. The fourth-order valence-corrected chi connectivity index (χ4v) is 7.22. The molecule has 16 heteroatoms. The molecule has 11 nitrogen and oxygen atoms in total. The Morgan fingerprint density at radius 1 is 0.897 bits per heavy atom. The number of rotatable bonds is 10. The molecule has 1 saturated carbocycles. The molecule has 0 unspecified atom stereocenters. The Morgan fingerprint density at radius 3 is 2.17 bits per heavy atom. The van der Waals surface area contributed by atoms with Gasteiger partial charge in [0.25, 0.3) is 5.91 Å². The van der Waals surface area contributed by atoms with E-state index in [-0.39, 0.29) is 35.0 Å². The van der Waals surface area contributed by atoms with E-state index in [2.05, 4.69) is 29.1 Å². The van der Waals surface area contributed by atoms with Gasteiger partial charge in [-0.25, -0.2) is 19.7 Å². The molecule has 3 aromatic carbocycles. The van der Waals surface area contributed by atoms with E-state index < -0.39 is 53.4 Å². The number of anilines is 1. The van der Waals surface area contributed by atoms with E-state index in [1.165, 1.54) is 12.1 Å². The van der Waals surface area contributed by atoms with Crippen LogP contribution < -0.4 is 16.0 Å². The minimum atomic E-state index is -5.91. The lowest BCUT2D eigenvalue weighted by Gasteiger charge is -2.32. The standard InChI is InChI=1S/C42H48F5N7O4/c1-22(2)35-50-32-17-23(3)29(20-34(32)51-35)26-11-7-24(8-12-26)18-30(48)37(56)54(28-15-16-31-33(19-28)53-38(52-31)41(43,44)42(45,46)47)36(55)27-13-9-25(10-14-27)21-49-39(57)58-40(4,5)6/h7-8,11-12,15-17,19-20,22,25,27,30H,9-10,13-14,18,21,48H2,1-6H3,(H,49,57)(H,50,51)(H,52,53)/t25-,27-,30-/m0/s1. The molecule has 6 rings (SSSR count). The summed E-state index contributed by atoms with van der Waals surface area (Å²) in [7, 11) is 0. The predicted molar refractivity (Wildman–Crippen MR) is 210 cm³/mol. The first-order valence-electron chi connectivity index (χ1n) is 19.3. The Kier molecular flexibility index (Phi) is 11.7. The fraction of sp³-hybridized carbons (Fsp3) is 0.452. The number of imide groups is 1. The van der Waals surface area contributed by atoms with Crippen LogP contribution in [0.3, 0.4) is 0 Å². The molecule has 5 N–H and O–H groups in total. The number of nitrogens with zero attached hydrogens (tertiary/aromatic N) is 3. The molecule has 1 atom stereocenters. The summed E-state index contributed by atoms with van der Waals surface area (Å²) in [6.45, 7) is 11.7. The monoisotopic (exact) mass is 809 g/mol. The number of amides is 3. The van der Waals surface area contributed by atoms with Crippen LogP contribution in [-0.2, 0) is 26.7 Å². The quantitative estimate of drug-likeness (QED) is 0.103. The number of nitrogens with two attached hydrogens (primary N) is 1. The van der Waals surface area contributed by atoms with E-state index >= 15 is 0 Å². The Morgan fingerprint density at radius 2 is 1.55 bits per heavy atom. The van der Waals surface area contributed by atoms with Crippen molar-refractivity contribution in [3.05, 3.63) is 77.4 Å². The number of benzene rings is 3. The van der Waals surface area contributed by atoms with Crippen molar-refractivity contribution in [2.45, 2.75) is 103 Å². The van der Waals surface area contributed by atoms with Crippen molar-refractivity contribution >= 4 is 45.7 Å². The highest BCUT2D eigenvalue weighted by atomic mass is 19.4. The first-order chi connectivity index (χ1) is 27.1. The summed E-state index contributed by atoms with van der Waals surface area (Å²) in [6, 6.07) is 13.9. The minimum Gasteiger partial charge on any atom is -0.444 e. The minimum absolute atomic E-state index is 0.0371. The number of carbonyl (C=O) groups is 3. The highest BCUT2D eigenvalue weighted by Gasteiger charge is 2.61. The molecule has 0 saturated heterocycles. The third-order valence-corrected chi connectivity index (χ3v) is 10.4. The summed E-state index contributed by atoms with van der Waals surface area (Å²) >= 11 is 0. The van der Waals surface area contributed by atoms with Gasteiger partial charge in [-0.15, -0.1) is 0 Å². The average Bonchev–Trinajstić information content (AvgIpc) is 3.78. The molecule has 310 valence electrons. The first kappa shape index (κ1) is 42.2. The van der Waals surface area contributed by atoms with Crippen molar-refractivity contribution in [1.29, 1.82) is 0 Å². The van der Waals surface area contributed by atoms with Gasteiger partial charge in [-0.1, -0.05) is 38.1 Å². The Bertz CT molecular complexity index is 2300.